The van der Waals surface area contributed by atoms with Gasteiger partial charge in [0.1, 0.15) is 0 Å². The predicted octanol–water partition coefficient (Wildman–Crippen LogP) is 4.20. The zero-order valence-corrected chi connectivity index (χ0v) is 10.3. The van der Waals surface area contributed by atoms with E-state index in [9.17, 15) is 0 Å². The Morgan fingerprint density at radius 1 is 0.857 bits per heavy atom. The first-order chi connectivity index (χ1) is 6.85. The Hall–Kier alpha value is -0.460. The molecule has 1 heteroatoms. The molecule has 0 aromatic carbocycles. The molecular formula is C13H27N. The van der Waals surface area contributed by atoms with Gasteiger partial charge in [-0.05, 0) is 32.9 Å². The minimum Gasteiger partial charge on any atom is -0.378 e. The molecule has 0 fully saturated rings. The van der Waals surface area contributed by atoms with Crippen LogP contribution in [-0.4, -0.2) is 18.0 Å². The highest BCUT2D eigenvalue weighted by Crippen LogP contribution is 2.05. The molecule has 0 aliphatic rings. The summed E-state index contributed by atoms with van der Waals surface area (Å²) in [6.07, 6.45) is 12.7. The van der Waals surface area contributed by atoms with E-state index in [0.29, 0.717) is 0 Å². The van der Waals surface area contributed by atoms with Crippen molar-refractivity contribution in [2.75, 3.05) is 13.1 Å². The Kier molecular flexibility index (Phi) is 10.3. The highest BCUT2D eigenvalue weighted by atomic mass is 15.1. The summed E-state index contributed by atoms with van der Waals surface area (Å²) in [6.45, 7) is 8.93. The van der Waals surface area contributed by atoms with Crippen LogP contribution in [0.15, 0.2) is 12.3 Å². The summed E-state index contributed by atoms with van der Waals surface area (Å²) in [5.41, 5.74) is 0. The summed E-state index contributed by atoms with van der Waals surface area (Å²) in [5.74, 6) is 0. The molecule has 0 aliphatic heterocycles. The van der Waals surface area contributed by atoms with Crippen LogP contribution in [0, 0.1) is 0 Å². The van der Waals surface area contributed by atoms with Crippen molar-refractivity contribution in [2.24, 2.45) is 0 Å². The topological polar surface area (TPSA) is 3.24 Å². The second kappa shape index (κ2) is 10.6. The minimum atomic E-state index is 1.13. The van der Waals surface area contributed by atoms with E-state index in [0.717, 1.165) is 13.1 Å². The molecule has 0 spiro atoms. The van der Waals surface area contributed by atoms with Crippen molar-refractivity contribution in [1.29, 1.82) is 0 Å². The molecule has 0 saturated carbocycles. The number of rotatable bonds is 9. The van der Waals surface area contributed by atoms with Gasteiger partial charge >= 0.3 is 0 Å². The van der Waals surface area contributed by atoms with Gasteiger partial charge in [-0.15, -0.1) is 0 Å². The number of hydrogen-bond donors (Lipinski definition) is 0. The third-order valence-corrected chi connectivity index (χ3v) is 2.60. The lowest BCUT2D eigenvalue weighted by Gasteiger charge is -2.14. The maximum atomic E-state index is 2.34. The predicted molar refractivity (Wildman–Crippen MR) is 65.4 cm³/mol. The molecule has 0 N–H and O–H groups in total. The van der Waals surface area contributed by atoms with Gasteiger partial charge in [-0.1, -0.05) is 38.7 Å². The van der Waals surface area contributed by atoms with Gasteiger partial charge < -0.3 is 4.90 Å². The lowest BCUT2D eigenvalue weighted by Crippen LogP contribution is -2.14. The van der Waals surface area contributed by atoms with E-state index in [1.54, 1.807) is 0 Å². The first kappa shape index (κ1) is 13.5. The van der Waals surface area contributed by atoms with Crippen LogP contribution < -0.4 is 0 Å². The van der Waals surface area contributed by atoms with Gasteiger partial charge in [0.05, 0.1) is 0 Å². The average Bonchev–Trinajstić information content (AvgIpc) is 2.22. The second-order valence-corrected chi connectivity index (χ2v) is 3.81. The zero-order valence-electron chi connectivity index (χ0n) is 10.3. The van der Waals surface area contributed by atoms with Crippen LogP contribution in [-0.2, 0) is 0 Å². The van der Waals surface area contributed by atoms with Gasteiger partial charge in [-0.3, -0.25) is 0 Å². The van der Waals surface area contributed by atoms with Gasteiger partial charge in [-0.2, -0.15) is 0 Å². The van der Waals surface area contributed by atoms with E-state index in [4.69, 9.17) is 0 Å². The number of allylic oxidation sites excluding steroid dienone is 1. The monoisotopic (exact) mass is 197 g/mol. The molecule has 84 valence electrons. The van der Waals surface area contributed by atoms with Crippen LogP contribution in [0.3, 0.4) is 0 Å². The van der Waals surface area contributed by atoms with Gasteiger partial charge in [0.25, 0.3) is 0 Å². The van der Waals surface area contributed by atoms with E-state index in [2.05, 4.69) is 37.9 Å². The second-order valence-electron chi connectivity index (χ2n) is 3.81. The smallest absolute Gasteiger partial charge is 0.0143 e. The maximum absolute atomic E-state index is 2.34. The Bertz CT molecular complexity index is 125. The van der Waals surface area contributed by atoms with Gasteiger partial charge in [0.2, 0.25) is 0 Å². The highest BCUT2D eigenvalue weighted by Gasteiger charge is 1.89. The summed E-state index contributed by atoms with van der Waals surface area (Å²) in [5, 5.41) is 0. The molecule has 14 heavy (non-hydrogen) atoms. The van der Waals surface area contributed by atoms with Crippen LogP contribution in [0.25, 0.3) is 0 Å². The molecule has 0 aliphatic carbocycles. The summed E-state index contributed by atoms with van der Waals surface area (Å²) >= 11 is 0. The lowest BCUT2D eigenvalue weighted by atomic mass is 10.1. The minimum absolute atomic E-state index is 1.13. The SMILES string of the molecule is CCCCCCC/C=C/N(CC)CC. The van der Waals surface area contributed by atoms with Crippen molar-refractivity contribution in [3.63, 3.8) is 0 Å². The Labute approximate surface area is 90.2 Å². The van der Waals surface area contributed by atoms with Crippen molar-refractivity contribution >= 4 is 0 Å². The van der Waals surface area contributed by atoms with Gasteiger partial charge in [-0.25, -0.2) is 0 Å². The maximum Gasteiger partial charge on any atom is 0.0143 e. The van der Waals surface area contributed by atoms with E-state index in [1.807, 2.05) is 0 Å². The summed E-state index contributed by atoms with van der Waals surface area (Å²) in [6, 6.07) is 0. The quantitative estimate of drug-likeness (QED) is 0.501. The van der Waals surface area contributed by atoms with Crippen LogP contribution in [0.2, 0.25) is 0 Å². The molecule has 0 aromatic rings. The van der Waals surface area contributed by atoms with Gasteiger partial charge in [0.15, 0.2) is 0 Å². The van der Waals surface area contributed by atoms with Crippen LogP contribution in [0.4, 0.5) is 0 Å². The molecule has 0 heterocycles. The Morgan fingerprint density at radius 2 is 1.50 bits per heavy atom. The van der Waals surface area contributed by atoms with E-state index in [-0.39, 0.29) is 0 Å². The molecule has 0 aromatic heterocycles. The fourth-order valence-electron chi connectivity index (χ4n) is 1.52. The number of hydrogen-bond acceptors (Lipinski definition) is 1. The van der Waals surface area contributed by atoms with Crippen molar-refractivity contribution in [1.82, 2.24) is 4.90 Å². The normalized spacial score (nSPS) is 11.1. The number of unbranched alkanes of at least 4 members (excludes halogenated alkanes) is 5. The first-order valence-corrected chi connectivity index (χ1v) is 6.25. The van der Waals surface area contributed by atoms with Crippen LogP contribution in [0.1, 0.15) is 59.3 Å². The molecular weight excluding hydrogens is 170 g/mol. The average molecular weight is 197 g/mol. The molecule has 0 bridgehead atoms. The third kappa shape index (κ3) is 8.15. The summed E-state index contributed by atoms with van der Waals surface area (Å²) in [7, 11) is 0. The Morgan fingerprint density at radius 3 is 2.07 bits per heavy atom. The molecule has 0 radical (unpaired) electrons. The van der Waals surface area contributed by atoms with Crippen LogP contribution in [0.5, 0.6) is 0 Å². The fraction of sp³-hybridized carbons (Fsp3) is 0.846. The van der Waals surface area contributed by atoms with E-state index in [1.165, 1.54) is 38.5 Å². The van der Waals surface area contributed by atoms with Crippen molar-refractivity contribution < 1.29 is 0 Å². The van der Waals surface area contributed by atoms with Gasteiger partial charge in [0, 0.05) is 13.1 Å². The van der Waals surface area contributed by atoms with Crippen molar-refractivity contribution in [3.8, 4) is 0 Å². The molecule has 0 rings (SSSR count). The first-order valence-electron chi connectivity index (χ1n) is 6.25. The standard InChI is InChI=1S/C13H27N/c1-4-7-8-9-10-11-12-13-14(5-2)6-3/h12-13H,4-11H2,1-3H3/b13-12+. The summed E-state index contributed by atoms with van der Waals surface area (Å²) < 4.78 is 0. The molecule has 1 nitrogen and oxygen atoms in total. The van der Waals surface area contributed by atoms with E-state index < -0.39 is 0 Å². The van der Waals surface area contributed by atoms with Crippen LogP contribution >= 0.6 is 0 Å². The molecule has 0 atom stereocenters. The third-order valence-electron chi connectivity index (χ3n) is 2.60. The van der Waals surface area contributed by atoms with Crippen molar-refractivity contribution in [3.05, 3.63) is 12.3 Å². The Balaban J connectivity index is 3.25. The fourth-order valence-corrected chi connectivity index (χ4v) is 1.52. The highest BCUT2D eigenvalue weighted by molar-refractivity contribution is 4.81. The van der Waals surface area contributed by atoms with Crippen molar-refractivity contribution in [2.45, 2.75) is 59.3 Å². The molecule has 0 unspecified atom stereocenters. The lowest BCUT2D eigenvalue weighted by molar-refractivity contribution is 0.417. The zero-order chi connectivity index (χ0) is 10.6. The largest absolute Gasteiger partial charge is 0.378 e. The van der Waals surface area contributed by atoms with E-state index >= 15 is 0 Å². The summed E-state index contributed by atoms with van der Waals surface area (Å²) in [4.78, 5) is 2.34. The molecule has 0 saturated heterocycles. The number of nitrogens with zero attached hydrogens (tertiary/aromatic N) is 1. The molecule has 0 amide bonds.